The van der Waals surface area contributed by atoms with E-state index in [1.165, 1.54) is 10.7 Å². The SMILES string of the molecule is CC(C)c1nc(CN2CCOC3(CCNCC3)C2)cs1. The molecule has 1 aromatic heterocycles. The Hall–Kier alpha value is -0.490. The maximum Gasteiger partial charge on any atom is 0.0954 e. The van der Waals surface area contributed by atoms with Crippen molar-refractivity contribution in [2.75, 3.05) is 32.8 Å². The van der Waals surface area contributed by atoms with E-state index in [1.54, 1.807) is 11.3 Å². The van der Waals surface area contributed by atoms with E-state index < -0.39 is 0 Å². The van der Waals surface area contributed by atoms with Gasteiger partial charge in [0.25, 0.3) is 0 Å². The summed E-state index contributed by atoms with van der Waals surface area (Å²) in [7, 11) is 0. The highest BCUT2D eigenvalue weighted by Gasteiger charge is 2.37. The van der Waals surface area contributed by atoms with Crippen LogP contribution >= 0.6 is 11.3 Å². The van der Waals surface area contributed by atoms with Gasteiger partial charge in [0.05, 0.1) is 22.9 Å². The summed E-state index contributed by atoms with van der Waals surface area (Å²) in [5, 5.41) is 6.90. The molecule has 2 fully saturated rings. The van der Waals surface area contributed by atoms with Crippen LogP contribution in [0, 0.1) is 0 Å². The molecule has 5 heteroatoms. The van der Waals surface area contributed by atoms with Gasteiger partial charge < -0.3 is 10.1 Å². The predicted octanol–water partition coefficient (Wildman–Crippen LogP) is 2.22. The van der Waals surface area contributed by atoms with Crippen molar-refractivity contribution in [1.29, 1.82) is 0 Å². The zero-order valence-corrected chi connectivity index (χ0v) is 13.3. The highest BCUT2D eigenvalue weighted by atomic mass is 32.1. The lowest BCUT2D eigenvalue weighted by atomic mass is 9.90. The molecule has 0 aromatic carbocycles. The number of nitrogens with one attached hydrogen (secondary N) is 1. The summed E-state index contributed by atoms with van der Waals surface area (Å²) in [6.45, 7) is 10.5. The van der Waals surface area contributed by atoms with E-state index in [2.05, 4.69) is 29.4 Å². The number of morpholine rings is 1. The first-order valence-electron chi connectivity index (χ1n) is 7.68. The molecule has 2 aliphatic rings. The van der Waals surface area contributed by atoms with Crippen LogP contribution in [0.1, 0.15) is 43.3 Å². The second-order valence-corrected chi connectivity index (χ2v) is 7.21. The smallest absolute Gasteiger partial charge is 0.0954 e. The average Bonchev–Trinajstić information content (AvgIpc) is 2.88. The van der Waals surface area contributed by atoms with Gasteiger partial charge in [-0.3, -0.25) is 4.90 Å². The van der Waals surface area contributed by atoms with E-state index in [-0.39, 0.29) is 5.60 Å². The number of hydrogen-bond donors (Lipinski definition) is 1. The highest BCUT2D eigenvalue weighted by Crippen LogP contribution is 2.28. The molecule has 112 valence electrons. The maximum absolute atomic E-state index is 6.12. The molecule has 2 saturated heterocycles. The molecule has 0 bridgehead atoms. The predicted molar refractivity (Wildman–Crippen MR) is 82.3 cm³/mol. The first-order chi connectivity index (χ1) is 9.67. The van der Waals surface area contributed by atoms with Gasteiger partial charge in [0.1, 0.15) is 0 Å². The van der Waals surface area contributed by atoms with Crippen molar-refractivity contribution in [2.24, 2.45) is 0 Å². The number of aromatic nitrogens is 1. The Bertz CT molecular complexity index is 435. The van der Waals surface area contributed by atoms with Gasteiger partial charge in [-0.2, -0.15) is 0 Å². The van der Waals surface area contributed by atoms with Crippen LogP contribution in [-0.4, -0.2) is 48.3 Å². The van der Waals surface area contributed by atoms with Crippen LogP contribution in [0.2, 0.25) is 0 Å². The Balaban J connectivity index is 1.61. The van der Waals surface area contributed by atoms with Crippen molar-refractivity contribution in [3.05, 3.63) is 16.1 Å². The first kappa shape index (κ1) is 14.4. The fourth-order valence-electron chi connectivity index (χ4n) is 3.13. The zero-order chi connectivity index (χ0) is 14.0. The molecule has 0 aliphatic carbocycles. The third-order valence-corrected chi connectivity index (χ3v) is 5.49. The van der Waals surface area contributed by atoms with Crippen LogP contribution in [0.3, 0.4) is 0 Å². The van der Waals surface area contributed by atoms with Gasteiger partial charge in [0.2, 0.25) is 0 Å². The van der Waals surface area contributed by atoms with Gasteiger partial charge in [0.15, 0.2) is 0 Å². The lowest BCUT2D eigenvalue weighted by Crippen LogP contribution is -2.55. The van der Waals surface area contributed by atoms with Crippen molar-refractivity contribution in [3.8, 4) is 0 Å². The lowest BCUT2D eigenvalue weighted by Gasteiger charge is -2.45. The fourth-order valence-corrected chi connectivity index (χ4v) is 3.96. The first-order valence-corrected chi connectivity index (χ1v) is 8.56. The highest BCUT2D eigenvalue weighted by molar-refractivity contribution is 7.09. The molecule has 3 rings (SSSR count). The normalized spacial score (nSPS) is 23.6. The third-order valence-electron chi connectivity index (χ3n) is 4.29. The third kappa shape index (κ3) is 3.22. The Morgan fingerprint density at radius 3 is 2.95 bits per heavy atom. The summed E-state index contributed by atoms with van der Waals surface area (Å²) in [5.41, 5.74) is 1.32. The van der Waals surface area contributed by atoms with Crippen LogP contribution in [0.25, 0.3) is 0 Å². The van der Waals surface area contributed by atoms with E-state index in [0.717, 1.165) is 52.2 Å². The van der Waals surface area contributed by atoms with Gasteiger partial charge in [-0.1, -0.05) is 13.8 Å². The number of piperidine rings is 1. The molecule has 0 atom stereocenters. The van der Waals surface area contributed by atoms with Gasteiger partial charge in [0, 0.05) is 30.9 Å². The minimum atomic E-state index is 0.0976. The molecule has 4 nitrogen and oxygen atoms in total. The molecular formula is C15H25N3OS. The molecule has 3 heterocycles. The minimum Gasteiger partial charge on any atom is -0.372 e. The molecule has 1 spiro atoms. The minimum absolute atomic E-state index is 0.0976. The van der Waals surface area contributed by atoms with Gasteiger partial charge in [-0.05, 0) is 25.9 Å². The lowest BCUT2D eigenvalue weighted by molar-refractivity contribution is -0.125. The Morgan fingerprint density at radius 2 is 2.25 bits per heavy atom. The summed E-state index contributed by atoms with van der Waals surface area (Å²) in [6.07, 6.45) is 2.27. The van der Waals surface area contributed by atoms with Crippen LogP contribution < -0.4 is 5.32 Å². The van der Waals surface area contributed by atoms with Crippen LogP contribution in [0.5, 0.6) is 0 Å². The Kier molecular flexibility index (Phi) is 4.40. The van der Waals surface area contributed by atoms with Crippen LogP contribution in [0.15, 0.2) is 5.38 Å². The molecule has 0 saturated carbocycles. The molecule has 1 N–H and O–H groups in total. The average molecular weight is 295 g/mol. The largest absolute Gasteiger partial charge is 0.372 e. The fraction of sp³-hybridized carbons (Fsp3) is 0.800. The summed E-state index contributed by atoms with van der Waals surface area (Å²) in [6, 6.07) is 0. The quantitative estimate of drug-likeness (QED) is 0.928. The number of hydrogen-bond acceptors (Lipinski definition) is 5. The summed E-state index contributed by atoms with van der Waals surface area (Å²) < 4.78 is 6.12. The maximum atomic E-state index is 6.12. The van der Waals surface area contributed by atoms with E-state index in [9.17, 15) is 0 Å². The second-order valence-electron chi connectivity index (χ2n) is 6.32. The van der Waals surface area contributed by atoms with E-state index in [4.69, 9.17) is 9.72 Å². The molecule has 20 heavy (non-hydrogen) atoms. The monoisotopic (exact) mass is 295 g/mol. The summed E-state index contributed by atoms with van der Waals surface area (Å²) in [5.74, 6) is 0.536. The molecule has 1 aromatic rings. The van der Waals surface area contributed by atoms with Crippen LogP contribution in [-0.2, 0) is 11.3 Å². The Morgan fingerprint density at radius 1 is 1.45 bits per heavy atom. The standard InChI is InChI=1S/C15H25N3OS/c1-12(2)14-17-13(10-20-14)9-18-7-8-19-15(11-18)3-5-16-6-4-15/h10,12,16H,3-9,11H2,1-2H3. The second kappa shape index (κ2) is 6.10. The number of thiazole rings is 1. The van der Waals surface area contributed by atoms with Crippen molar-refractivity contribution in [2.45, 2.75) is 44.8 Å². The summed E-state index contributed by atoms with van der Waals surface area (Å²) in [4.78, 5) is 7.28. The van der Waals surface area contributed by atoms with E-state index in [0.29, 0.717) is 5.92 Å². The molecular weight excluding hydrogens is 270 g/mol. The molecule has 0 amide bonds. The van der Waals surface area contributed by atoms with Crippen molar-refractivity contribution >= 4 is 11.3 Å². The zero-order valence-electron chi connectivity index (χ0n) is 12.5. The van der Waals surface area contributed by atoms with Gasteiger partial charge in [-0.15, -0.1) is 11.3 Å². The molecule has 0 unspecified atom stereocenters. The van der Waals surface area contributed by atoms with Crippen molar-refractivity contribution in [3.63, 3.8) is 0 Å². The van der Waals surface area contributed by atoms with Crippen LogP contribution in [0.4, 0.5) is 0 Å². The van der Waals surface area contributed by atoms with Gasteiger partial charge in [-0.25, -0.2) is 4.98 Å². The molecule has 0 radical (unpaired) electrons. The number of nitrogens with zero attached hydrogens (tertiary/aromatic N) is 2. The number of ether oxygens (including phenoxy) is 1. The molecule has 2 aliphatic heterocycles. The summed E-state index contributed by atoms with van der Waals surface area (Å²) >= 11 is 1.79. The van der Waals surface area contributed by atoms with Crippen molar-refractivity contribution in [1.82, 2.24) is 15.2 Å². The Labute approximate surface area is 125 Å². The van der Waals surface area contributed by atoms with Gasteiger partial charge >= 0.3 is 0 Å². The van der Waals surface area contributed by atoms with Crippen molar-refractivity contribution < 1.29 is 4.74 Å². The topological polar surface area (TPSA) is 37.4 Å². The van der Waals surface area contributed by atoms with E-state index >= 15 is 0 Å². The number of rotatable bonds is 3. The van der Waals surface area contributed by atoms with E-state index in [1.807, 2.05) is 0 Å².